The van der Waals surface area contributed by atoms with Gasteiger partial charge in [-0.1, -0.05) is 18.2 Å². The highest BCUT2D eigenvalue weighted by atomic mass is 16.7. The molecule has 1 N–H and O–H groups in total. The van der Waals surface area contributed by atoms with Gasteiger partial charge < -0.3 is 23.7 Å². The van der Waals surface area contributed by atoms with Gasteiger partial charge in [-0.25, -0.2) is 0 Å². The van der Waals surface area contributed by atoms with Gasteiger partial charge in [-0.3, -0.25) is 24.5 Å². The smallest absolute Gasteiger partial charge is 0.311 e. The van der Waals surface area contributed by atoms with Crippen molar-refractivity contribution in [2.75, 3.05) is 6.61 Å². The van der Waals surface area contributed by atoms with E-state index in [1.165, 1.54) is 0 Å². The molecule has 0 unspecified atom stereocenters. The van der Waals surface area contributed by atoms with Gasteiger partial charge in [0.15, 0.2) is 24.5 Å². The quantitative estimate of drug-likeness (QED) is 0.179. The molecule has 48 heavy (non-hydrogen) atoms. The molecule has 11 nitrogen and oxygen atoms in total. The minimum atomic E-state index is -1.37. The van der Waals surface area contributed by atoms with Gasteiger partial charge in [-0.05, 0) is 107 Å². The highest BCUT2D eigenvalue weighted by Gasteiger charge is 2.55. The maximum Gasteiger partial charge on any atom is 0.311 e. The molecule has 266 valence electrons. The Morgan fingerprint density at radius 1 is 0.771 bits per heavy atom. The molecule has 1 aromatic rings. The molecule has 1 aliphatic heterocycles. The van der Waals surface area contributed by atoms with E-state index >= 15 is 0 Å². The van der Waals surface area contributed by atoms with Crippen molar-refractivity contribution in [3.05, 3.63) is 48.0 Å². The molecule has 0 spiro atoms. The number of nitriles is 1. The summed E-state index contributed by atoms with van der Waals surface area (Å²) >= 11 is 0. The van der Waals surface area contributed by atoms with Crippen LogP contribution >= 0.6 is 0 Å². The first-order valence-corrected chi connectivity index (χ1v) is 16.2. The number of ether oxygens (including phenoxy) is 5. The van der Waals surface area contributed by atoms with Crippen LogP contribution in [0.5, 0.6) is 0 Å². The maximum absolute atomic E-state index is 13.5. The molecule has 1 saturated heterocycles. The van der Waals surface area contributed by atoms with Gasteiger partial charge in [0.2, 0.25) is 0 Å². The molecule has 0 aromatic heterocycles. The first-order chi connectivity index (χ1) is 21.9. The monoisotopic (exact) mass is 670 g/mol. The fourth-order valence-electron chi connectivity index (χ4n) is 4.32. The number of rotatable bonds is 10. The van der Waals surface area contributed by atoms with Crippen LogP contribution in [0.15, 0.2) is 36.9 Å². The number of carbonyl (C=O) groups excluding carboxylic acids is 4. The summed E-state index contributed by atoms with van der Waals surface area (Å²) in [5, 5.41) is 12.7. The molecule has 6 atom stereocenters. The fourth-order valence-corrected chi connectivity index (χ4v) is 4.32. The summed E-state index contributed by atoms with van der Waals surface area (Å²) in [6, 6.07) is 8.55. The Hall–Kier alpha value is -3.75. The second-order valence-corrected chi connectivity index (χ2v) is 16.3. The molecule has 11 heteroatoms. The lowest BCUT2D eigenvalue weighted by Gasteiger charge is -2.47. The van der Waals surface area contributed by atoms with Gasteiger partial charge in [-0.2, -0.15) is 5.26 Å². The predicted octanol–water partition coefficient (Wildman–Crippen LogP) is 5.95. The van der Waals surface area contributed by atoms with Crippen LogP contribution < -0.4 is 5.32 Å². The summed E-state index contributed by atoms with van der Waals surface area (Å²) in [5.74, 6) is -2.41. The van der Waals surface area contributed by atoms with E-state index in [1.807, 2.05) is 0 Å². The lowest BCUT2D eigenvalue weighted by Crippen LogP contribution is -2.66. The van der Waals surface area contributed by atoms with Crippen molar-refractivity contribution in [2.45, 2.75) is 126 Å². The molecule has 0 bridgehead atoms. The molecular formula is C37H54N2O9. The van der Waals surface area contributed by atoms with Crippen LogP contribution in [0.1, 0.15) is 107 Å². The summed E-state index contributed by atoms with van der Waals surface area (Å²) in [6.45, 7) is 23.7. The van der Waals surface area contributed by atoms with E-state index in [2.05, 4.69) is 18.0 Å². The third kappa shape index (κ3) is 11.2. The second kappa shape index (κ2) is 15.6. The molecule has 1 fully saturated rings. The standard InChI is InChI=1S/C37H54N2O9/c1-14-15-24(23-18-16-22(20-38)17-19-23)39-29-28(48-33(43)37(11,12)13)27(47-32(42)36(8,9)10)26(46-31(41)35(5,6)7)25(45-29)21-44-30(40)34(2,3)4/h14,16-19,24-29,39H,1,15,21H2,2-13H3/t24-,25+,26-,27-,28+,29+/m0/s1. The van der Waals surface area contributed by atoms with Crippen molar-refractivity contribution in [2.24, 2.45) is 21.7 Å². The largest absolute Gasteiger partial charge is 0.462 e. The van der Waals surface area contributed by atoms with E-state index in [1.54, 1.807) is 113 Å². The van der Waals surface area contributed by atoms with Crippen molar-refractivity contribution in [3.63, 3.8) is 0 Å². The Morgan fingerprint density at radius 3 is 1.62 bits per heavy atom. The normalized spacial score (nSPS) is 22.4. The van der Waals surface area contributed by atoms with Gasteiger partial charge in [0, 0.05) is 6.04 Å². The van der Waals surface area contributed by atoms with Crippen molar-refractivity contribution < 1.29 is 42.9 Å². The van der Waals surface area contributed by atoms with Crippen LogP contribution in [-0.2, 0) is 42.9 Å². The summed E-state index contributed by atoms with van der Waals surface area (Å²) < 4.78 is 30.4. The van der Waals surface area contributed by atoms with Gasteiger partial charge >= 0.3 is 23.9 Å². The number of benzene rings is 1. The Labute approximate surface area is 285 Å². The van der Waals surface area contributed by atoms with Gasteiger partial charge in [-0.15, -0.1) is 6.58 Å². The third-order valence-electron chi connectivity index (χ3n) is 7.40. The number of carbonyl (C=O) groups is 4. The van der Waals surface area contributed by atoms with Crippen LogP contribution in [0.2, 0.25) is 0 Å². The van der Waals surface area contributed by atoms with Gasteiger partial charge in [0.05, 0.1) is 33.3 Å². The fraction of sp³-hybridized carbons (Fsp3) is 0.649. The highest BCUT2D eigenvalue weighted by molar-refractivity contribution is 5.78. The van der Waals surface area contributed by atoms with Crippen LogP contribution in [0.3, 0.4) is 0 Å². The Balaban J connectivity index is 2.78. The van der Waals surface area contributed by atoms with E-state index in [-0.39, 0.29) is 6.61 Å². The van der Waals surface area contributed by atoms with Crippen LogP contribution in [0.25, 0.3) is 0 Å². The SMILES string of the molecule is C=CC[C@H](N[C@@H]1O[C@H](COC(=O)C(C)(C)C)[C@H](OC(=O)C(C)(C)C)[C@H](OC(=O)C(C)(C)C)[C@H]1OC(=O)C(C)(C)C)c1ccc(C#N)cc1. The van der Waals surface area contributed by atoms with E-state index in [0.29, 0.717) is 12.0 Å². The van der Waals surface area contributed by atoms with E-state index in [4.69, 9.17) is 23.7 Å². The van der Waals surface area contributed by atoms with Crippen molar-refractivity contribution in [3.8, 4) is 6.07 Å². The van der Waals surface area contributed by atoms with Crippen LogP contribution in [-0.4, -0.2) is 61.1 Å². The molecule has 1 heterocycles. The highest BCUT2D eigenvalue weighted by Crippen LogP contribution is 2.35. The zero-order chi connectivity index (χ0) is 36.8. The van der Waals surface area contributed by atoms with Gasteiger partial charge in [0.25, 0.3) is 0 Å². The molecule has 2 rings (SSSR count). The van der Waals surface area contributed by atoms with Crippen molar-refractivity contribution in [1.29, 1.82) is 5.26 Å². The third-order valence-corrected chi connectivity index (χ3v) is 7.40. The van der Waals surface area contributed by atoms with Crippen molar-refractivity contribution in [1.82, 2.24) is 5.32 Å². The first kappa shape index (κ1) is 40.4. The molecule has 1 aromatic carbocycles. The minimum absolute atomic E-state index is 0.358. The Bertz CT molecular complexity index is 1350. The zero-order valence-corrected chi connectivity index (χ0v) is 30.6. The molecule has 0 amide bonds. The summed E-state index contributed by atoms with van der Waals surface area (Å²) in [6.07, 6.45) is -4.23. The minimum Gasteiger partial charge on any atom is -0.462 e. The molecule has 0 aliphatic carbocycles. The summed E-state index contributed by atoms with van der Waals surface area (Å²) in [7, 11) is 0. The van der Waals surface area contributed by atoms with Crippen LogP contribution in [0, 0.1) is 33.0 Å². The summed E-state index contributed by atoms with van der Waals surface area (Å²) in [5.41, 5.74) is -2.52. The second-order valence-electron chi connectivity index (χ2n) is 16.3. The zero-order valence-electron chi connectivity index (χ0n) is 30.6. The number of nitrogens with zero attached hydrogens (tertiary/aromatic N) is 1. The number of hydrogen-bond donors (Lipinski definition) is 1. The van der Waals surface area contributed by atoms with E-state index < -0.39 is 82.2 Å². The summed E-state index contributed by atoms with van der Waals surface area (Å²) in [4.78, 5) is 53.3. The molecule has 1 aliphatic rings. The van der Waals surface area contributed by atoms with E-state index in [0.717, 1.165) is 5.56 Å². The number of esters is 4. The lowest BCUT2D eigenvalue weighted by atomic mass is 9.92. The molecule has 0 radical (unpaired) electrons. The molecule has 0 saturated carbocycles. The topological polar surface area (TPSA) is 150 Å². The van der Waals surface area contributed by atoms with Crippen LogP contribution in [0.4, 0.5) is 0 Å². The lowest BCUT2D eigenvalue weighted by molar-refractivity contribution is -0.266. The van der Waals surface area contributed by atoms with E-state index in [9.17, 15) is 24.4 Å². The Kier molecular flexibility index (Phi) is 13.2. The molecular weight excluding hydrogens is 616 g/mol. The maximum atomic E-state index is 13.5. The average Bonchev–Trinajstić information content (AvgIpc) is 2.96. The predicted molar refractivity (Wildman–Crippen MR) is 179 cm³/mol. The Morgan fingerprint density at radius 2 is 1.21 bits per heavy atom. The number of hydrogen-bond acceptors (Lipinski definition) is 11. The van der Waals surface area contributed by atoms with Crippen molar-refractivity contribution >= 4 is 23.9 Å². The number of nitrogens with one attached hydrogen (secondary N) is 1. The first-order valence-electron chi connectivity index (χ1n) is 16.2. The van der Waals surface area contributed by atoms with Gasteiger partial charge in [0.1, 0.15) is 12.7 Å². The average molecular weight is 671 g/mol.